The summed E-state index contributed by atoms with van der Waals surface area (Å²) in [6, 6.07) is 13.9. The highest BCUT2D eigenvalue weighted by Gasteiger charge is 2.23. The standard InChI is InChI=1S/C16H19NO2S/c1-17(11-14-9-6-10-20-14)12-15(16(18)19-2)13-7-4-3-5-8-13/h3-10,15H,11-12H2,1-2H3. The molecule has 1 atom stereocenters. The average Bonchev–Trinajstić information content (AvgIpc) is 2.97. The van der Waals surface area contributed by atoms with Crippen LogP contribution < -0.4 is 0 Å². The van der Waals surface area contributed by atoms with Crippen LogP contribution in [-0.4, -0.2) is 31.6 Å². The number of thiophene rings is 1. The molecule has 0 fully saturated rings. The molecule has 20 heavy (non-hydrogen) atoms. The Morgan fingerprint density at radius 3 is 2.60 bits per heavy atom. The van der Waals surface area contributed by atoms with E-state index in [9.17, 15) is 4.79 Å². The number of methoxy groups -OCH3 is 1. The van der Waals surface area contributed by atoms with Crippen molar-refractivity contribution in [1.82, 2.24) is 4.90 Å². The summed E-state index contributed by atoms with van der Waals surface area (Å²) in [6.07, 6.45) is 0. The van der Waals surface area contributed by atoms with Crippen molar-refractivity contribution in [2.75, 3.05) is 20.7 Å². The number of likely N-dealkylation sites (N-methyl/N-ethyl adjacent to an activating group) is 1. The lowest BCUT2D eigenvalue weighted by molar-refractivity contribution is -0.142. The Morgan fingerprint density at radius 2 is 2.00 bits per heavy atom. The van der Waals surface area contributed by atoms with E-state index in [-0.39, 0.29) is 11.9 Å². The molecule has 1 heterocycles. The fourth-order valence-corrected chi connectivity index (χ4v) is 2.97. The van der Waals surface area contributed by atoms with Gasteiger partial charge in [0.2, 0.25) is 0 Å². The van der Waals surface area contributed by atoms with Crippen LogP contribution in [0.15, 0.2) is 47.8 Å². The van der Waals surface area contributed by atoms with Gasteiger partial charge in [0.05, 0.1) is 13.0 Å². The number of carbonyl (C=O) groups is 1. The Labute approximate surface area is 123 Å². The Kier molecular flexibility index (Phi) is 5.32. The SMILES string of the molecule is COC(=O)C(CN(C)Cc1cccs1)c1ccccc1. The van der Waals surface area contributed by atoms with Gasteiger partial charge in [0.15, 0.2) is 0 Å². The van der Waals surface area contributed by atoms with Crippen LogP contribution in [0.3, 0.4) is 0 Å². The Morgan fingerprint density at radius 1 is 1.25 bits per heavy atom. The van der Waals surface area contributed by atoms with Crippen molar-refractivity contribution in [3.63, 3.8) is 0 Å². The van der Waals surface area contributed by atoms with E-state index in [4.69, 9.17) is 4.74 Å². The first-order chi connectivity index (χ1) is 9.70. The van der Waals surface area contributed by atoms with Crippen LogP contribution >= 0.6 is 11.3 Å². The zero-order chi connectivity index (χ0) is 14.4. The van der Waals surface area contributed by atoms with Gasteiger partial charge in [0.25, 0.3) is 0 Å². The number of carbonyl (C=O) groups excluding carboxylic acids is 1. The normalized spacial score (nSPS) is 12.3. The molecule has 4 heteroatoms. The molecule has 0 amide bonds. The lowest BCUT2D eigenvalue weighted by atomic mass is 9.99. The monoisotopic (exact) mass is 289 g/mol. The first-order valence-corrected chi connectivity index (χ1v) is 7.42. The number of hydrogen-bond acceptors (Lipinski definition) is 4. The molecule has 0 aliphatic heterocycles. The van der Waals surface area contributed by atoms with Crippen LogP contribution in [0.1, 0.15) is 16.4 Å². The molecule has 1 aromatic carbocycles. The predicted molar refractivity (Wildman–Crippen MR) is 81.9 cm³/mol. The third-order valence-electron chi connectivity index (χ3n) is 3.19. The van der Waals surface area contributed by atoms with Crippen LogP contribution in [0.2, 0.25) is 0 Å². The summed E-state index contributed by atoms with van der Waals surface area (Å²) < 4.78 is 4.94. The lowest BCUT2D eigenvalue weighted by Gasteiger charge is -2.22. The summed E-state index contributed by atoms with van der Waals surface area (Å²) in [5.74, 6) is -0.430. The van der Waals surface area contributed by atoms with E-state index in [0.29, 0.717) is 6.54 Å². The Bertz CT molecular complexity index is 525. The molecule has 1 unspecified atom stereocenters. The van der Waals surface area contributed by atoms with Gasteiger partial charge < -0.3 is 9.64 Å². The molecule has 3 nitrogen and oxygen atoms in total. The minimum absolute atomic E-state index is 0.186. The van der Waals surface area contributed by atoms with Crippen molar-refractivity contribution in [1.29, 1.82) is 0 Å². The summed E-state index contributed by atoms with van der Waals surface area (Å²) in [6.45, 7) is 1.49. The lowest BCUT2D eigenvalue weighted by Crippen LogP contribution is -2.29. The van der Waals surface area contributed by atoms with E-state index in [1.807, 2.05) is 43.4 Å². The Balaban J connectivity index is 2.06. The minimum atomic E-state index is -0.244. The van der Waals surface area contributed by atoms with Gasteiger partial charge in [-0.05, 0) is 24.1 Å². The first-order valence-electron chi connectivity index (χ1n) is 6.54. The summed E-state index contributed by atoms with van der Waals surface area (Å²) in [5.41, 5.74) is 0.998. The number of ether oxygens (including phenoxy) is 1. The summed E-state index contributed by atoms with van der Waals surface area (Å²) in [7, 11) is 3.47. The highest BCUT2D eigenvalue weighted by atomic mass is 32.1. The number of nitrogens with zero attached hydrogens (tertiary/aromatic N) is 1. The van der Waals surface area contributed by atoms with Gasteiger partial charge in [-0.3, -0.25) is 4.79 Å². The van der Waals surface area contributed by atoms with Crippen molar-refractivity contribution >= 4 is 17.3 Å². The van der Waals surface area contributed by atoms with Gasteiger partial charge >= 0.3 is 5.97 Å². The van der Waals surface area contributed by atoms with Gasteiger partial charge in [-0.25, -0.2) is 0 Å². The van der Waals surface area contributed by atoms with Crippen molar-refractivity contribution < 1.29 is 9.53 Å². The molecule has 0 radical (unpaired) electrons. The van der Waals surface area contributed by atoms with Crippen LogP contribution in [0.25, 0.3) is 0 Å². The van der Waals surface area contributed by atoms with E-state index in [1.165, 1.54) is 12.0 Å². The summed E-state index contributed by atoms with van der Waals surface area (Å²) in [4.78, 5) is 15.5. The van der Waals surface area contributed by atoms with Crippen LogP contribution in [0.5, 0.6) is 0 Å². The zero-order valence-electron chi connectivity index (χ0n) is 11.8. The molecule has 106 valence electrons. The molecule has 0 saturated carbocycles. The molecule has 2 rings (SSSR count). The number of hydrogen-bond donors (Lipinski definition) is 0. The van der Waals surface area contributed by atoms with E-state index in [0.717, 1.165) is 12.1 Å². The van der Waals surface area contributed by atoms with Crippen molar-refractivity contribution in [2.45, 2.75) is 12.5 Å². The highest BCUT2D eigenvalue weighted by Crippen LogP contribution is 2.20. The third kappa shape index (κ3) is 3.92. The smallest absolute Gasteiger partial charge is 0.314 e. The number of benzene rings is 1. The highest BCUT2D eigenvalue weighted by molar-refractivity contribution is 7.09. The van der Waals surface area contributed by atoms with E-state index >= 15 is 0 Å². The number of esters is 1. The van der Waals surface area contributed by atoms with Crippen LogP contribution in [0, 0.1) is 0 Å². The Hall–Kier alpha value is -1.65. The topological polar surface area (TPSA) is 29.5 Å². The van der Waals surface area contributed by atoms with E-state index in [1.54, 1.807) is 11.3 Å². The molecular formula is C16H19NO2S. The fraction of sp³-hybridized carbons (Fsp3) is 0.312. The molecule has 1 aromatic heterocycles. The third-order valence-corrected chi connectivity index (χ3v) is 4.05. The van der Waals surface area contributed by atoms with Crippen molar-refractivity contribution in [3.8, 4) is 0 Å². The van der Waals surface area contributed by atoms with Gasteiger partial charge in [-0.15, -0.1) is 11.3 Å². The van der Waals surface area contributed by atoms with Crippen LogP contribution in [-0.2, 0) is 16.1 Å². The quantitative estimate of drug-likeness (QED) is 0.765. The van der Waals surface area contributed by atoms with Crippen molar-refractivity contribution in [2.24, 2.45) is 0 Å². The molecular weight excluding hydrogens is 270 g/mol. The number of rotatable bonds is 6. The molecule has 2 aromatic rings. The van der Waals surface area contributed by atoms with E-state index in [2.05, 4.69) is 16.3 Å². The maximum absolute atomic E-state index is 12.0. The second kappa shape index (κ2) is 7.22. The van der Waals surface area contributed by atoms with Crippen LogP contribution in [0.4, 0.5) is 0 Å². The second-order valence-electron chi connectivity index (χ2n) is 4.76. The molecule has 0 aliphatic rings. The fourth-order valence-electron chi connectivity index (χ4n) is 2.19. The molecule has 0 N–H and O–H groups in total. The summed E-state index contributed by atoms with van der Waals surface area (Å²) >= 11 is 1.73. The van der Waals surface area contributed by atoms with E-state index < -0.39 is 0 Å². The molecule has 0 saturated heterocycles. The molecule has 0 spiro atoms. The van der Waals surface area contributed by atoms with Gasteiger partial charge in [-0.2, -0.15) is 0 Å². The van der Waals surface area contributed by atoms with Crippen molar-refractivity contribution in [3.05, 3.63) is 58.3 Å². The average molecular weight is 289 g/mol. The minimum Gasteiger partial charge on any atom is -0.469 e. The maximum atomic E-state index is 12.0. The van der Waals surface area contributed by atoms with Gasteiger partial charge in [0.1, 0.15) is 0 Å². The maximum Gasteiger partial charge on any atom is 0.314 e. The molecule has 0 bridgehead atoms. The second-order valence-corrected chi connectivity index (χ2v) is 5.79. The largest absolute Gasteiger partial charge is 0.469 e. The van der Waals surface area contributed by atoms with Gasteiger partial charge in [-0.1, -0.05) is 36.4 Å². The predicted octanol–water partition coefficient (Wildman–Crippen LogP) is 3.14. The first kappa shape index (κ1) is 14.8. The zero-order valence-corrected chi connectivity index (χ0v) is 12.6. The summed E-state index contributed by atoms with van der Waals surface area (Å²) in [5, 5.41) is 2.07. The van der Waals surface area contributed by atoms with Gasteiger partial charge in [0, 0.05) is 18.0 Å². The molecule has 0 aliphatic carbocycles.